The molecule has 1 fully saturated rings. The van der Waals surface area contributed by atoms with Crippen molar-refractivity contribution in [3.63, 3.8) is 0 Å². The Morgan fingerprint density at radius 1 is 1.17 bits per heavy atom. The highest BCUT2D eigenvalue weighted by molar-refractivity contribution is 5.94. The lowest BCUT2D eigenvalue weighted by molar-refractivity contribution is -0.137. The zero-order valence-corrected chi connectivity index (χ0v) is 16.2. The van der Waals surface area contributed by atoms with E-state index in [1.54, 1.807) is 18.3 Å². The minimum atomic E-state index is -4.71. The van der Waals surface area contributed by atoms with Gasteiger partial charge in [0.1, 0.15) is 11.6 Å². The molecular weight excluding hydrogens is 402 g/mol. The Morgan fingerprint density at radius 3 is 2.57 bits per heavy atom. The molecule has 0 spiro atoms. The maximum Gasteiger partial charge on any atom is 0.416 e. The number of nitrogens with zero attached hydrogens (tertiary/aromatic N) is 1. The van der Waals surface area contributed by atoms with Crippen LogP contribution in [0, 0.1) is 11.7 Å². The quantitative estimate of drug-likeness (QED) is 0.611. The molecule has 1 heterocycles. The Bertz CT molecular complexity index is 881. The number of benzene rings is 1. The third-order valence-electron chi connectivity index (χ3n) is 5.31. The zero-order valence-electron chi connectivity index (χ0n) is 16.2. The van der Waals surface area contributed by atoms with Gasteiger partial charge in [-0.2, -0.15) is 13.2 Å². The second-order valence-electron chi connectivity index (χ2n) is 7.50. The van der Waals surface area contributed by atoms with Gasteiger partial charge in [0.2, 0.25) is 0 Å². The van der Waals surface area contributed by atoms with Gasteiger partial charge in [-0.1, -0.05) is 0 Å². The van der Waals surface area contributed by atoms with Crippen molar-refractivity contribution in [2.75, 3.05) is 6.54 Å². The molecule has 9 heteroatoms. The van der Waals surface area contributed by atoms with E-state index in [1.165, 1.54) is 0 Å². The van der Waals surface area contributed by atoms with Crippen LogP contribution in [-0.4, -0.2) is 28.6 Å². The van der Waals surface area contributed by atoms with Crippen molar-refractivity contribution in [2.45, 2.75) is 44.4 Å². The summed E-state index contributed by atoms with van der Waals surface area (Å²) in [5, 5.41) is 15.7. The monoisotopic (exact) mass is 425 g/mol. The Labute approximate surface area is 171 Å². The van der Waals surface area contributed by atoms with Crippen LogP contribution in [0.5, 0.6) is 5.75 Å². The van der Waals surface area contributed by atoms with Crippen molar-refractivity contribution in [3.05, 3.63) is 59.2 Å². The molecule has 3 N–H and O–H groups in total. The topological polar surface area (TPSA) is 74.2 Å². The molecule has 0 unspecified atom stereocenters. The number of pyridine rings is 1. The first-order chi connectivity index (χ1) is 14.2. The molecule has 3 rings (SSSR count). The molecule has 1 aromatic carbocycles. The Morgan fingerprint density at radius 2 is 1.90 bits per heavy atom. The van der Waals surface area contributed by atoms with Crippen molar-refractivity contribution in [2.24, 2.45) is 5.92 Å². The lowest BCUT2D eigenvalue weighted by Gasteiger charge is -2.29. The first kappa shape index (κ1) is 22.0. The molecule has 5 nitrogen and oxygen atoms in total. The number of aromatic nitrogens is 1. The van der Waals surface area contributed by atoms with E-state index in [0.29, 0.717) is 30.9 Å². The van der Waals surface area contributed by atoms with E-state index in [2.05, 4.69) is 15.6 Å². The first-order valence-electron chi connectivity index (χ1n) is 9.74. The van der Waals surface area contributed by atoms with Crippen LogP contribution in [0.2, 0.25) is 0 Å². The van der Waals surface area contributed by atoms with Crippen molar-refractivity contribution in [1.82, 2.24) is 15.6 Å². The number of carbonyl (C=O) groups is 1. The first-order valence-corrected chi connectivity index (χ1v) is 9.74. The fourth-order valence-corrected chi connectivity index (χ4v) is 3.60. The molecule has 1 saturated carbocycles. The number of hydrogen-bond acceptors (Lipinski definition) is 4. The molecule has 0 bridgehead atoms. The van der Waals surface area contributed by atoms with E-state index in [0.717, 1.165) is 31.7 Å². The summed E-state index contributed by atoms with van der Waals surface area (Å²) in [6, 6.07) is 5.34. The summed E-state index contributed by atoms with van der Waals surface area (Å²) in [6.07, 6.45) is 0.312. The fourth-order valence-electron chi connectivity index (χ4n) is 3.60. The van der Waals surface area contributed by atoms with E-state index in [-0.39, 0.29) is 23.3 Å². The highest BCUT2D eigenvalue weighted by Crippen LogP contribution is 2.30. The molecule has 0 atom stereocenters. The summed E-state index contributed by atoms with van der Waals surface area (Å²) >= 11 is 0. The predicted octanol–water partition coefficient (Wildman–Crippen LogP) is 4.02. The van der Waals surface area contributed by atoms with E-state index in [1.807, 2.05) is 0 Å². The Hall–Kier alpha value is -2.68. The molecular formula is C21H23F4N3O2. The number of rotatable bonds is 6. The van der Waals surface area contributed by atoms with Crippen LogP contribution >= 0.6 is 0 Å². The summed E-state index contributed by atoms with van der Waals surface area (Å²) < 4.78 is 51.9. The van der Waals surface area contributed by atoms with Crippen molar-refractivity contribution in [3.8, 4) is 5.75 Å². The zero-order chi connectivity index (χ0) is 21.7. The minimum Gasteiger partial charge on any atom is -0.506 e. The summed E-state index contributed by atoms with van der Waals surface area (Å²) in [5.41, 5.74) is -0.939. The van der Waals surface area contributed by atoms with Gasteiger partial charge in [0.25, 0.3) is 5.91 Å². The Balaban J connectivity index is 1.45. The number of halogens is 4. The maximum absolute atomic E-state index is 13.5. The highest BCUT2D eigenvalue weighted by atomic mass is 19.4. The minimum absolute atomic E-state index is 0.146. The van der Waals surface area contributed by atoms with Gasteiger partial charge in [0.15, 0.2) is 0 Å². The van der Waals surface area contributed by atoms with Crippen LogP contribution in [0.1, 0.15) is 47.3 Å². The highest BCUT2D eigenvalue weighted by Gasteiger charge is 2.32. The molecule has 0 aliphatic heterocycles. The molecule has 0 radical (unpaired) electrons. The molecule has 1 amide bonds. The number of alkyl halides is 3. The number of carbonyl (C=O) groups excluding carboxylic acids is 1. The fraction of sp³-hybridized carbons (Fsp3) is 0.429. The van der Waals surface area contributed by atoms with Crippen LogP contribution < -0.4 is 10.6 Å². The number of nitrogens with one attached hydrogen (secondary N) is 2. The van der Waals surface area contributed by atoms with Crippen molar-refractivity contribution >= 4 is 5.91 Å². The molecule has 1 aromatic heterocycles. The number of amides is 1. The van der Waals surface area contributed by atoms with Gasteiger partial charge in [-0.15, -0.1) is 0 Å². The van der Waals surface area contributed by atoms with Crippen molar-refractivity contribution in [1.29, 1.82) is 0 Å². The number of hydrogen-bond donors (Lipinski definition) is 3. The van der Waals surface area contributed by atoms with Crippen molar-refractivity contribution < 1.29 is 27.5 Å². The summed E-state index contributed by atoms with van der Waals surface area (Å²) in [5.74, 6) is -1.47. The standard InChI is InChI=1S/C21H23F4N3O2/c22-16-9-14(8-15(10-16)21(23,24)25)20(30)28-11-13-3-5-17(6-4-13)27-12-18-19(29)2-1-7-26-18/h1-2,7-10,13,17,27,29H,3-6,11-12H2,(H,28,30)/t13-,17+. The normalized spacial score (nSPS) is 19.5. The summed E-state index contributed by atoms with van der Waals surface area (Å²) in [7, 11) is 0. The molecule has 1 aliphatic carbocycles. The lowest BCUT2D eigenvalue weighted by atomic mass is 9.86. The molecule has 0 saturated heterocycles. The largest absolute Gasteiger partial charge is 0.506 e. The summed E-state index contributed by atoms with van der Waals surface area (Å²) in [6.45, 7) is 0.782. The van der Waals surface area contributed by atoms with Gasteiger partial charge in [0, 0.05) is 30.9 Å². The second kappa shape index (κ2) is 9.42. The summed E-state index contributed by atoms with van der Waals surface area (Å²) in [4.78, 5) is 16.3. The van der Waals surface area contributed by atoms with E-state index < -0.39 is 23.5 Å². The van der Waals surface area contributed by atoms with E-state index >= 15 is 0 Å². The molecule has 2 aromatic rings. The van der Waals surface area contributed by atoms with Crippen LogP contribution in [-0.2, 0) is 12.7 Å². The average molecular weight is 425 g/mol. The number of aromatic hydroxyl groups is 1. The molecule has 162 valence electrons. The average Bonchev–Trinajstić information content (AvgIpc) is 2.71. The van der Waals surface area contributed by atoms with Gasteiger partial charge in [-0.25, -0.2) is 4.39 Å². The Kier molecular flexibility index (Phi) is 6.91. The SMILES string of the molecule is O=C(NC[C@H]1CC[C@@H](NCc2ncccc2O)CC1)c1cc(F)cc(C(F)(F)F)c1. The predicted molar refractivity (Wildman–Crippen MR) is 102 cm³/mol. The van der Waals surface area contributed by atoms with Gasteiger partial charge >= 0.3 is 6.18 Å². The smallest absolute Gasteiger partial charge is 0.416 e. The van der Waals surface area contributed by atoms with Gasteiger partial charge in [-0.3, -0.25) is 9.78 Å². The van der Waals surface area contributed by atoms with Gasteiger partial charge < -0.3 is 15.7 Å². The van der Waals surface area contributed by atoms with Crippen LogP contribution in [0.15, 0.2) is 36.5 Å². The van der Waals surface area contributed by atoms with Gasteiger partial charge in [-0.05, 0) is 61.9 Å². The second-order valence-corrected chi connectivity index (χ2v) is 7.50. The van der Waals surface area contributed by atoms with Crippen LogP contribution in [0.25, 0.3) is 0 Å². The lowest BCUT2D eigenvalue weighted by Crippen LogP contribution is -2.37. The third kappa shape index (κ3) is 5.91. The van der Waals surface area contributed by atoms with E-state index in [4.69, 9.17) is 0 Å². The van der Waals surface area contributed by atoms with Crippen LogP contribution in [0.4, 0.5) is 17.6 Å². The molecule has 1 aliphatic rings. The third-order valence-corrected chi connectivity index (χ3v) is 5.31. The van der Waals surface area contributed by atoms with Crippen LogP contribution in [0.3, 0.4) is 0 Å². The van der Waals surface area contributed by atoms with Gasteiger partial charge in [0.05, 0.1) is 11.3 Å². The maximum atomic E-state index is 13.5. The van der Waals surface area contributed by atoms with E-state index in [9.17, 15) is 27.5 Å². The molecule has 30 heavy (non-hydrogen) atoms.